The van der Waals surface area contributed by atoms with Gasteiger partial charge < -0.3 is 15.6 Å². The van der Waals surface area contributed by atoms with E-state index in [0.717, 1.165) is 12.1 Å². The van der Waals surface area contributed by atoms with Crippen LogP contribution in [-0.2, 0) is 10.3 Å². The van der Waals surface area contributed by atoms with Gasteiger partial charge in [0.1, 0.15) is 17.1 Å². The second kappa shape index (κ2) is 4.16. The summed E-state index contributed by atoms with van der Waals surface area (Å²) in [5.74, 6) is -1.68. The number of ether oxygens (including phenoxy) is 1. The fraction of sp³-hybridized carbons (Fsp3) is 0.364. The minimum absolute atomic E-state index is 0.0398. The standard InChI is InChI=1S/C11H11ClFNO3/c12-8-5-6(13)4-7-9(8)17-3-1-2-11(7,14)10(15)16/h4-5H,1-3,14H2,(H,15,16). The summed E-state index contributed by atoms with van der Waals surface area (Å²) in [4.78, 5) is 11.3. The molecule has 1 unspecified atom stereocenters. The molecule has 1 aliphatic heterocycles. The van der Waals surface area contributed by atoms with Crippen LogP contribution in [0.5, 0.6) is 5.75 Å². The Bertz CT molecular complexity index is 480. The van der Waals surface area contributed by atoms with Crippen LogP contribution < -0.4 is 10.5 Å². The van der Waals surface area contributed by atoms with Crippen molar-refractivity contribution >= 4 is 17.6 Å². The number of nitrogens with two attached hydrogens (primary N) is 1. The number of carboxylic acid groups (broad SMARTS) is 1. The van der Waals surface area contributed by atoms with Crippen LogP contribution in [-0.4, -0.2) is 17.7 Å². The van der Waals surface area contributed by atoms with Gasteiger partial charge in [-0.3, -0.25) is 0 Å². The van der Waals surface area contributed by atoms with E-state index in [9.17, 15) is 14.3 Å². The highest BCUT2D eigenvalue weighted by Gasteiger charge is 2.40. The van der Waals surface area contributed by atoms with E-state index in [2.05, 4.69) is 0 Å². The Morgan fingerprint density at radius 3 is 2.94 bits per heavy atom. The second-order valence-electron chi connectivity index (χ2n) is 3.99. The van der Waals surface area contributed by atoms with Crippen molar-refractivity contribution < 1.29 is 19.0 Å². The maximum absolute atomic E-state index is 13.3. The van der Waals surface area contributed by atoms with Gasteiger partial charge in [0.2, 0.25) is 0 Å². The smallest absolute Gasteiger partial charge is 0.328 e. The molecule has 0 spiro atoms. The van der Waals surface area contributed by atoms with Gasteiger partial charge in [0.15, 0.2) is 0 Å². The molecule has 0 saturated carbocycles. The molecule has 17 heavy (non-hydrogen) atoms. The minimum atomic E-state index is -1.66. The van der Waals surface area contributed by atoms with Crippen LogP contribution in [0.25, 0.3) is 0 Å². The molecule has 1 heterocycles. The van der Waals surface area contributed by atoms with E-state index < -0.39 is 17.3 Å². The molecule has 0 aliphatic carbocycles. The minimum Gasteiger partial charge on any atom is -0.492 e. The van der Waals surface area contributed by atoms with Crippen LogP contribution in [0.3, 0.4) is 0 Å². The Hall–Kier alpha value is -1.33. The van der Waals surface area contributed by atoms with Gasteiger partial charge in [-0.2, -0.15) is 0 Å². The largest absolute Gasteiger partial charge is 0.492 e. The molecule has 1 aromatic rings. The van der Waals surface area contributed by atoms with Crippen molar-refractivity contribution in [1.82, 2.24) is 0 Å². The van der Waals surface area contributed by atoms with Crippen LogP contribution in [0.2, 0.25) is 5.02 Å². The summed E-state index contributed by atoms with van der Waals surface area (Å²) >= 11 is 5.84. The molecular weight excluding hydrogens is 249 g/mol. The zero-order valence-corrected chi connectivity index (χ0v) is 9.63. The average Bonchev–Trinajstić information content (AvgIpc) is 2.40. The quantitative estimate of drug-likeness (QED) is 0.808. The molecule has 92 valence electrons. The van der Waals surface area contributed by atoms with Crippen molar-refractivity contribution in [3.63, 3.8) is 0 Å². The number of carbonyl (C=O) groups is 1. The normalized spacial score (nSPS) is 23.5. The number of fused-ring (bicyclic) bond motifs is 1. The first-order chi connectivity index (χ1) is 7.95. The molecule has 0 aromatic heterocycles. The first kappa shape index (κ1) is 12.1. The predicted molar refractivity (Wildman–Crippen MR) is 59.6 cm³/mol. The number of aliphatic carboxylic acids is 1. The number of carboxylic acids is 1. The van der Waals surface area contributed by atoms with Gasteiger partial charge >= 0.3 is 5.97 Å². The topological polar surface area (TPSA) is 72.6 Å². The van der Waals surface area contributed by atoms with Gasteiger partial charge in [-0.05, 0) is 25.0 Å². The number of rotatable bonds is 1. The Balaban J connectivity index is 2.67. The Labute approximate surface area is 102 Å². The van der Waals surface area contributed by atoms with Gasteiger partial charge in [-0.25, -0.2) is 9.18 Å². The summed E-state index contributed by atoms with van der Waals surface area (Å²) < 4.78 is 18.6. The predicted octanol–water partition coefficient (Wildman–Crippen LogP) is 1.89. The molecule has 1 aliphatic rings. The summed E-state index contributed by atoms with van der Waals surface area (Å²) in [7, 11) is 0. The van der Waals surface area contributed by atoms with E-state index in [1.165, 1.54) is 0 Å². The van der Waals surface area contributed by atoms with E-state index in [-0.39, 0.29) is 22.8 Å². The van der Waals surface area contributed by atoms with E-state index in [1.54, 1.807) is 0 Å². The lowest BCUT2D eigenvalue weighted by molar-refractivity contribution is -0.144. The van der Waals surface area contributed by atoms with Crippen molar-refractivity contribution in [2.45, 2.75) is 18.4 Å². The monoisotopic (exact) mass is 259 g/mol. The van der Waals surface area contributed by atoms with Crippen LogP contribution in [0.4, 0.5) is 4.39 Å². The number of halogens is 2. The van der Waals surface area contributed by atoms with E-state index in [0.29, 0.717) is 13.0 Å². The first-order valence-corrected chi connectivity index (χ1v) is 5.47. The molecule has 0 amide bonds. The van der Waals surface area contributed by atoms with Gasteiger partial charge in [0.05, 0.1) is 11.6 Å². The van der Waals surface area contributed by atoms with Crippen molar-refractivity contribution in [1.29, 1.82) is 0 Å². The molecule has 4 nitrogen and oxygen atoms in total. The third-order valence-electron chi connectivity index (χ3n) is 2.83. The number of hydrogen-bond acceptors (Lipinski definition) is 3. The van der Waals surface area contributed by atoms with Gasteiger partial charge in [-0.15, -0.1) is 0 Å². The molecule has 3 N–H and O–H groups in total. The summed E-state index contributed by atoms with van der Waals surface area (Å²) in [6.07, 6.45) is 0.643. The van der Waals surface area contributed by atoms with Crippen LogP contribution in [0.15, 0.2) is 12.1 Å². The molecule has 6 heteroatoms. The Kier molecular flexibility index (Phi) is 2.97. The van der Waals surface area contributed by atoms with Crippen LogP contribution in [0, 0.1) is 5.82 Å². The highest BCUT2D eigenvalue weighted by atomic mass is 35.5. The molecule has 0 bridgehead atoms. The lowest BCUT2D eigenvalue weighted by Crippen LogP contribution is -2.44. The van der Waals surface area contributed by atoms with E-state index in [1.807, 2.05) is 0 Å². The molecule has 2 rings (SSSR count). The van der Waals surface area contributed by atoms with E-state index >= 15 is 0 Å². The SMILES string of the molecule is NC1(C(=O)O)CCCOc2c(Cl)cc(F)cc21. The zero-order valence-electron chi connectivity index (χ0n) is 8.87. The summed E-state index contributed by atoms with van der Waals surface area (Å²) in [5.41, 5.74) is 4.28. The summed E-state index contributed by atoms with van der Waals surface area (Å²) in [6.45, 7) is 0.310. The zero-order chi connectivity index (χ0) is 12.6. The average molecular weight is 260 g/mol. The van der Waals surface area contributed by atoms with Crippen LogP contribution >= 0.6 is 11.6 Å². The fourth-order valence-electron chi connectivity index (χ4n) is 1.92. The molecule has 1 atom stereocenters. The summed E-state index contributed by atoms with van der Waals surface area (Å²) in [5, 5.41) is 9.24. The second-order valence-corrected chi connectivity index (χ2v) is 4.40. The third kappa shape index (κ3) is 1.96. The van der Waals surface area contributed by atoms with Crippen LogP contribution in [0.1, 0.15) is 18.4 Å². The van der Waals surface area contributed by atoms with Gasteiger partial charge in [0.25, 0.3) is 0 Å². The molecule has 1 aromatic carbocycles. The van der Waals surface area contributed by atoms with Gasteiger partial charge in [-0.1, -0.05) is 11.6 Å². The maximum Gasteiger partial charge on any atom is 0.328 e. The summed E-state index contributed by atoms with van der Waals surface area (Å²) in [6, 6.07) is 2.15. The first-order valence-electron chi connectivity index (χ1n) is 5.10. The Morgan fingerprint density at radius 1 is 1.59 bits per heavy atom. The van der Waals surface area contributed by atoms with E-state index in [4.69, 9.17) is 22.1 Å². The molecule has 0 saturated heterocycles. The van der Waals surface area contributed by atoms with Crippen molar-refractivity contribution in [2.24, 2.45) is 5.73 Å². The maximum atomic E-state index is 13.3. The molecule has 0 fully saturated rings. The highest BCUT2D eigenvalue weighted by Crippen LogP contribution is 2.40. The van der Waals surface area contributed by atoms with Crippen molar-refractivity contribution in [3.05, 3.63) is 28.5 Å². The third-order valence-corrected chi connectivity index (χ3v) is 3.11. The highest BCUT2D eigenvalue weighted by molar-refractivity contribution is 6.32. The Morgan fingerprint density at radius 2 is 2.29 bits per heavy atom. The number of benzene rings is 1. The van der Waals surface area contributed by atoms with Crippen molar-refractivity contribution in [3.8, 4) is 5.75 Å². The molecular formula is C11H11ClFNO3. The lowest BCUT2D eigenvalue weighted by Gasteiger charge is -2.24. The van der Waals surface area contributed by atoms with Gasteiger partial charge in [0, 0.05) is 5.56 Å². The lowest BCUT2D eigenvalue weighted by atomic mass is 9.86. The fourth-order valence-corrected chi connectivity index (χ4v) is 2.18. The van der Waals surface area contributed by atoms with Crippen molar-refractivity contribution in [2.75, 3.05) is 6.61 Å². The molecule has 0 radical (unpaired) electrons. The number of hydrogen-bond donors (Lipinski definition) is 2.